The van der Waals surface area contributed by atoms with E-state index in [0.717, 1.165) is 42.7 Å². The van der Waals surface area contributed by atoms with E-state index in [1.54, 1.807) is 11.8 Å². The second-order valence-corrected chi connectivity index (χ2v) is 8.86. The van der Waals surface area contributed by atoms with E-state index < -0.39 is 0 Å². The lowest BCUT2D eigenvalue weighted by Crippen LogP contribution is -2.42. The van der Waals surface area contributed by atoms with Crippen molar-refractivity contribution in [3.63, 3.8) is 0 Å². The first-order valence-corrected chi connectivity index (χ1v) is 11.8. The van der Waals surface area contributed by atoms with Crippen molar-refractivity contribution >= 4 is 5.91 Å². The van der Waals surface area contributed by atoms with Crippen molar-refractivity contribution in [2.75, 3.05) is 20.3 Å². The van der Waals surface area contributed by atoms with Gasteiger partial charge in [-0.1, -0.05) is 49.6 Å². The number of nitrogens with one attached hydrogen (secondary N) is 1. The highest BCUT2D eigenvalue weighted by atomic mass is 16.5. The SMILES string of the molecule is COc1ccc(C2(CNC(=O)c3nn(-c4ccccc4)cc3CCCO)CCCCC2)cc1. The van der Waals surface area contributed by atoms with E-state index in [0.29, 0.717) is 25.1 Å². The van der Waals surface area contributed by atoms with Gasteiger partial charge in [0.05, 0.1) is 12.8 Å². The van der Waals surface area contributed by atoms with Crippen molar-refractivity contribution in [2.24, 2.45) is 0 Å². The number of aromatic nitrogens is 2. The molecule has 1 amide bonds. The third-order valence-corrected chi connectivity index (χ3v) is 6.73. The van der Waals surface area contributed by atoms with Gasteiger partial charge in [-0.2, -0.15) is 5.10 Å². The molecular weight excluding hydrogens is 414 g/mol. The molecule has 1 fully saturated rings. The third kappa shape index (κ3) is 5.28. The summed E-state index contributed by atoms with van der Waals surface area (Å²) in [5, 5.41) is 17.1. The number of carbonyl (C=O) groups is 1. The van der Waals surface area contributed by atoms with Gasteiger partial charge in [-0.25, -0.2) is 4.68 Å². The van der Waals surface area contributed by atoms with Gasteiger partial charge in [0.25, 0.3) is 5.91 Å². The summed E-state index contributed by atoms with van der Waals surface area (Å²) >= 11 is 0. The fourth-order valence-electron chi connectivity index (χ4n) is 4.84. The summed E-state index contributed by atoms with van der Waals surface area (Å²) in [6, 6.07) is 18.1. The number of carbonyl (C=O) groups excluding carboxylic acids is 1. The predicted molar refractivity (Wildman–Crippen MR) is 129 cm³/mol. The number of nitrogens with zero attached hydrogens (tertiary/aromatic N) is 2. The van der Waals surface area contributed by atoms with Crippen LogP contribution in [0, 0.1) is 0 Å². The van der Waals surface area contributed by atoms with Gasteiger partial charge in [0.15, 0.2) is 5.69 Å². The molecule has 0 aliphatic heterocycles. The van der Waals surface area contributed by atoms with Gasteiger partial charge in [0.2, 0.25) is 0 Å². The molecule has 6 nitrogen and oxygen atoms in total. The van der Waals surface area contributed by atoms with Crippen LogP contribution in [0.25, 0.3) is 5.69 Å². The zero-order valence-electron chi connectivity index (χ0n) is 19.3. The summed E-state index contributed by atoms with van der Waals surface area (Å²) in [7, 11) is 1.68. The fourth-order valence-corrected chi connectivity index (χ4v) is 4.84. The second-order valence-electron chi connectivity index (χ2n) is 8.86. The zero-order valence-corrected chi connectivity index (χ0v) is 19.3. The van der Waals surface area contributed by atoms with Crippen molar-refractivity contribution in [1.82, 2.24) is 15.1 Å². The zero-order chi connectivity index (χ0) is 23.1. The van der Waals surface area contributed by atoms with Gasteiger partial charge in [0.1, 0.15) is 5.75 Å². The Morgan fingerprint density at radius 2 is 1.82 bits per heavy atom. The van der Waals surface area contributed by atoms with Gasteiger partial charge >= 0.3 is 0 Å². The molecule has 4 rings (SSSR count). The molecule has 0 radical (unpaired) electrons. The van der Waals surface area contributed by atoms with Crippen molar-refractivity contribution in [3.8, 4) is 11.4 Å². The highest BCUT2D eigenvalue weighted by Gasteiger charge is 2.34. The molecule has 0 bridgehead atoms. The molecular formula is C27H33N3O3. The number of aliphatic hydroxyl groups is 1. The van der Waals surface area contributed by atoms with E-state index in [1.165, 1.54) is 12.0 Å². The molecule has 1 aliphatic rings. The minimum absolute atomic E-state index is 0.0760. The van der Waals surface area contributed by atoms with E-state index in [9.17, 15) is 9.90 Å². The maximum absolute atomic E-state index is 13.3. The number of rotatable bonds is 9. The molecule has 6 heteroatoms. The number of hydrogen-bond donors (Lipinski definition) is 2. The number of ether oxygens (including phenoxy) is 1. The number of aryl methyl sites for hydroxylation is 1. The summed E-state index contributed by atoms with van der Waals surface area (Å²) < 4.78 is 7.08. The Hall–Kier alpha value is -3.12. The molecule has 1 aromatic heterocycles. The molecule has 174 valence electrons. The van der Waals surface area contributed by atoms with Crippen LogP contribution in [0.2, 0.25) is 0 Å². The molecule has 0 spiro atoms. The summed E-state index contributed by atoms with van der Waals surface area (Å²) in [6.45, 7) is 0.661. The van der Waals surface area contributed by atoms with E-state index in [4.69, 9.17) is 4.74 Å². The summed E-state index contributed by atoms with van der Waals surface area (Å²) in [5.41, 5.74) is 3.37. The normalized spacial score (nSPS) is 15.2. The highest BCUT2D eigenvalue weighted by Crippen LogP contribution is 2.39. The van der Waals surface area contributed by atoms with E-state index in [2.05, 4.69) is 22.5 Å². The molecule has 2 aromatic carbocycles. The average Bonchev–Trinajstić information content (AvgIpc) is 3.31. The summed E-state index contributed by atoms with van der Waals surface area (Å²) in [6.07, 6.45) is 8.76. The summed E-state index contributed by atoms with van der Waals surface area (Å²) in [4.78, 5) is 13.3. The average molecular weight is 448 g/mol. The van der Waals surface area contributed by atoms with Gasteiger partial charge in [0, 0.05) is 30.3 Å². The van der Waals surface area contributed by atoms with E-state index >= 15 is 0 Å². The maximum atomic E-state index is 13.3. The van der Waals surface area contributed by atoms with Crippen LogP contribution in [0.1, 0.15) is 60.1 Å². The monoisotopic (exact) mass is 447 g/mol. The maximum Gasteiger partial charge on any atom is 0.272 e. The van der Waals surface area contributed by atoms with Crippen LogP contribution in [0.4, 0.5) is 0 Å². The van der Waals surface area contributed by atoms with Crippen LogP contribution in [-0.4, -0.2) is 41.1 Å². The van der Waals surface area contributed by atoms with Crippen LogP contribution < -0.4 is 10.1 Å². The minimum Gasteiger partial charge on any atom is -0.497 e. The number of para-hydroxylation sites is 1. The number of aliphatic hydroxyl groups excluding tert-OH is 1. The van der Waals surface area contributed by atoms with Crippen LogP contribution in [-0.2, 0) is 11.8 Å². The smallest absolute Gasteiger partial charge is 0.272 e. The van der Waals surface area contributed by atoms with Crippen molar-refractivity contribution in [1.29, 1.82) is 0 Å². The Labute approximate surface area is 195 Å². The molecule has 0 saturated heterocycles. The number of hydrogen-bond acceptors (Lipinski definition) is 4. The van der Waals surface area contributed by atoms with Crippen molar-refractivity contribution in [2.45, 2.75) is 50.4 Å². The van der Waals surface area contributed by atoms with Gasteiger partial charge in [-0.15, -0.1) is 0 Å². The van der Waals surface area contributed by atoms with Gasteiger partial charge in [-0.3, -0.25) is 4.79 Å². The largest absolute Gasteiger partial charge is 0.497 e. The lowest BCUT2D eigenvalue weighted by atomic mass is 9.69. The molecule has 2 N–H and O–H groups in total. The molecule has 0 unspecified atom stereocenters. The Morgan fingerprint density at radius 1 is 1.09 bits per heavy atom. The lowest BCUT2D eigenvalue weighted by molar-refractivity contribution is 0.0930. The quantitative estimate of drug-likeness (QED) is 0.509. The van der Waals surface area contributed by atoms with Crippen molar-refractivity contribution in [3.05, 3.63) is 77.6 Å². The number of benzene rings is 2. The first kappa shape index (κ1) is 23.1. The van der Waals surface area contributed by atoms with Gasteiger partial charge < -0.3 is 15.2 Å². The van der Waals surface area contributed by atoms with Crippen molar-refractivity contribution < 1.29 is 14.6 Å². The van der Waals surface area contributed by atoms with Gasteiger partial charge in [-0.05, 0) is 55.5 Å². The first-order chi connectivity index (χ1) is 16.1. The topological polar surface area (TPSA) is 76.4 Å². The lowest BCUT2D eigenvalue weighted by Gasteiger charge is -2.38. The third-order valence-electron chi connectivity index (χ3n) is 6.73. The summed E-state index contributed by atoms with van der Waals surface area (Å²) in [5.74, 6) is 0.685. The molecule has 1 heterocycles. The van der Waals surface area contributed by atoms with Crippen LogP contribution in [0.3, 0.4) is 0 Å². The highest BCUT2D eigenvalue weighted by molar-refractivity contribution is 5.93. The van der Waals surface area contributed by atoms with Crippen LogP contribution >= 0.6 is 0 Å². The Kier molecular flexibility index (Phi) is 7.45. The van der Waals surface area contributed by atoms with Crippen LogP contribution in [0.5, 0.6) is 5.75 Å². The minimum atomic E-state index is -0.156. The molecule has 1 aliphatic carbocycles. The molecule has 0 atom stereocenters. The molecule has 1 saturated carbocycles. The molecule has 3 aromatic rings. The van der Waals surface area contributed by atoms with E-state index in [-0.39, 0.29) is 17.9 Å². The Bertz CT molecular complexity index is 1040. The van der Waals surface area contributed by atoms with E-state index in [1.807, 2.05) is 48.7 Å². The fraction of sp³-hybridized carbons (Fsp3) is 0.407. The Balaban J connectivity index is 1.56. The first-order valence-electron chi connectivity index (χ1n) is 11.8. The van der Waals surface area contributed by atoms with Crippen LogP contribution in [0.15, 0.2) is 60.8 Å². The predicted octanol–water partition coefficient (Wildman–Crippen LogP) is 4.44. The standard InChI is InChI=1S/C27H33N3O3/c1-33-24-14-12-22(13-15-24)27(16-6-3-7-17-27)20-28-26(32)25-21(9-8-18-31)19-30(29-25)23-10-4-2-5-11-23/h2,4-5,10-15,19,31H,3,6-9,16-18,20H2,1H3,(H,28,32). The second kappa shape index (κ2) is 10.7. The number of methoxy groups -OCH3 is 1. The molecule has 33 heavy (non-hydrogen) atoms. The Morgan fingerprint density at radius 3 is 2.48 bits per heavy atom. The number of amides is 1.